The van der Waals surface area contributed by atoms with Crippen molar-refractivity contribution >= 4 is 5.91 Å². The number of hydrogen-bond acceptors (Lipinski definition) is 2. The van der Waals surface area contributed by atoms with Gasteiger partial charge in [0.25, 0.3) is 0 Å². The molecule has 1 aliphatic carbocycles. The van der Waals surface area contributed by atoms with E-state index in [2.05, 4.69) is 5.32 Å². The third-order valence-corrected chi connectivity index (χ3v) is 3.79. The van der Waals surface area contributed by atoms with Gasteiger partial charge in [-0.2, -0.15) is 0 Å². The number of hydrogen-bond donors (Lipinski definition) is 2. The van der Waals surface area contributed by atoms with E-state index in [-0.39, 0.29) is 17.3 Å². The molecular weight excluding hydrogens is 243 g/mol. The smallest absolute Gasteiger partial charge is 0.240 e. The van der Waals surface area contributed by atoms with Crippen molar-refractivity contribution in [3.05, 3.63) is 35.6 Å². The van der Waals surface area contributed by atoms with Gasteiger partial charge in [-0.25, -0.2) is 4.39 Å². The predicted molar refractivity (Wildman–Crippen MR) is 73.0 cm³/mol. The largest absolute Gasteiger partial charge is 0.345 e. The van der Waals surface area contributed by atoms with E-state index in [0.29, 0.717) is 0 Å². The molecule has 3 nitrogen and oxygen atoms in total. The van der Waals surface area contributed by atoms with Gasteiger partial charge in [-0.1, -0.05) is 25.0 Å². The van der Waals surface area contributed by atoms with Crippen LogP contribution in [-0.4, -0.2) is 11.4 Å². The highest BCUT2D eigenvalue weighted by atomic mass is 19.1. The van der Waals surface area contributed by atoms with E-state index >= 15 is 0 Å². The normalized spacial score (nSPS) is 18.3. The minimum Gasteiger partial charge on any atom is -0.345 e. The predicted octanol–water partition coefficient (Wildman–Crippen LogP) is 2.45. The average Bonchev–Trinajstić information content (AvgIpc) is 2.78. The van der Waals surface area contributed by atoms with E-state index in [9.17, 15) is 9.18 Å². The van der Waals surface area contributed by atoms with Gasteiger partial charge in [-0.15, -0.1) is 0 Å². The van der Waals surface area contributed by atoms with Crippen molar-refractivity contribution in [3.8, 4) is 0 Å². The molecule has 4 heteroatoms. The van der Waals surface area contributed by atoms with Gasteiger partial charge in [-0.3, -0.25) is 4.79 Å². The van der Waals surface area contributed by atoms with Crippen LogP contribution in [0.3, 0.4) is 0 Å². The van der Waals surface area contributed by atoms with Gasteiger partial charge in [0, 0.05) is 0 Å². The molecule has 0 unspecified atom stereocenters. The fourth-order valence-corrected chi connectivity index (χ4v) is 2.61. The van der Waals surface area contributed by atoms with Gasteiger partial charge in [0.05, 0.1) is 11.1 Å². The monoisotopic (exact) mass is 264 g/mol. The second-order valence-electron chi connectivity index (χ2n) is 5.97. The average molecular weight is 264 g/mol. The second kappa shape index (κ2) is 4.93. The van der Waals surface area contributed by atoms with Crippen LogP contribution < -0.4 is 11.1 Å². The van der Waals surface area contributed by atoms with E-state index in [1.165, 1.54) is 12.1 Å². The Kier molecular flexibility index (Phi) is 3.63. The Labute approximate surface area is 113 Å². The first-order valence-electron chi connectivity index (χ1n) is 6.71. The Hall–Kier alpha value is -1.42. The zero-order valence-corrected chi connectivity index (χ0v) is 11.5. The fourth-order valence-electron chi connectivity index (χ4n) is 2.61. The van der Waals surface area contributed by atoms with Crippen molar-refractivity contribution in [2.45, 2.75) is 50.6 Å². The summed E-state index contributed by atoms with van der Waals surface area (Å²) in [5, 5.41) is 3.08. The van der Waals surface area contributed by atoms with Crippen LogP contribution in [0.2, 0.25) is 0 Å². The molecule has 19 heavy (non-hydrogen) atoms. The maximum atomic E-state index is 13.0. The first kappa shape index (κ1) is 14.0. The van der Waals surface area contributed by atoms with Gasteiger partial charge in [0.15, 0.2) is 0 Å². The van der Waals surface area contributed by atoms with Crippen LogP contribution in [0.1, 0.15) is 45.1 Å². The lowest BCUT2D eigenvalue weighted by Crippen LogP contribution is -2.55. The molecule has 1 aromatic rings. The molecule has 0 bridgehead atoms. The summed E-state index contributed by atoms with van der Waals surface area (Å²) in [6.07, 6.45) is 3.87. The standard InChI is InChI=1S/C15H21FN2O/c1-14(2,17)13(19)18-15(9-3-4-10-15)11-5-7-12(16)8-6-11/h5-8H,3-4,9-10,17H2,1-2H3,(H,18,19). The summed E-state index contributed by atoms with van der Waals surface area (Å²) in [4.78, 5) is 12.2. The molecule has 1 aromatic carbocycles. The number of rotatable bonds is 3. The number of carbonyl (C=O) groups excluding carboxylic acids is 1. The van der Waals surface area contributed by atoms with E-state index < -0.39 is 5.54 Å². The van der Waals surface area contributed by atoms with Crippen molar-refractivity contribution < 1.29 is 9.18 Å². The van der Waals surface area contributed by atoms with Crippen LogP contribution in [-0.2, 0) is 10.3 Å². The summed E-state index contributed by atoms with van der Waals surface area (Å²) in [7, 11) is 0. The number of halogens is 1. The highest BCUT2D eigenvalue weighted by molar-refractivity contribution is 5.86. The molecule has 1 amide bonds. The second-order valence-corrected chi connectivity index (χ2v) is 5.97. The first-order chi connectivity index (χ1) is 8.83. The molecule has 0 atom stereocenters. The van der Waals surface area contributed by atoms with E-state index in [1.54, 1.807) is 26.0 Å². The van der Waals surface area contributed by atoms with Crippen LogP contribution in [0.4, 0.5) is 4.39 Å². The Morgan fingerprint density at radius 2 is 1.79 bits per heavy atom. The zero-order valence-electron chi connectivity index (χ0n) is 11.5. The summed E-state index contributed by atoms with van der Waals surface area (Å²) in [5.74, 6) is -0.430. The van der Waals surface area contributed by atoms with Crippen LogP contribution >= 0.6 is 0 Å². The molecule has 0 aromatic heterocycles. The summed E-state index contributed by atoms with van der Waals surface area (Å²) in [5.41, 5.74) is 5.51. The lowest BCUT2D eigenvalue weighted by atomic mass is 9.87. The Balaban J connectivity index is 2.28. The molecule has 0 spiro atoms. The maximum absolute atomic E-state index is 13.0. The molecular formula is C15H21FN2O. The highest BCUT2D eigenvalue weighted by Crippen LogP contribution is 2.39. The molecule has 104 valence electrons. The topological polar surface area (TPSA) is 55.1 Å². The van der Waals surface area contributed by atoms with Crippen molar-refractivity contribution in [2.24, 2.45) is 5.73 Å². The molecule has 0 heterocycles. The molecule has 0 radical (unpaired) electrons. The summed E-state index contributed by atoms with van der Waals surface area (Å²) in [6.45, 7) is 3.38. The molecule has 1 fully saturated rings. The van der Waals surface area contributed by atoms with Crippen molar-refractivity contribution in [2.75, 3.05) is 0 Å². The van der Waals surface area contributed by atoms with E-state index in [0.717, 1.165) is 31.2 Å². The third kappa shape index (κ3) is 2.95. The van der Waals surface area contributed by atoms with Crippen LogP contribution in [0.15, 0.2) is 24.3 Å². The fraction of sp³-hybridized carbons (Fsp3) is 0.533. The number of benzene rings is 1. The lowest BCUT2D eigenvalue weighted by Gasteiger charge is -2.34. The van der Waals surface area contributed by atoms with Gasteiger partial charge >= 0.3 is 0 Å². The molecule has 2 rings (SSSR count). The van der Waals surface area contributed by atoms with Crippen LogP contribution in [0.5, 0.6) is 0 Å². The summed E-state index contributed by atoms with van der Waals surface area (Å²) >= 11 is 0. The third-order valence-electron chi connectivity index (χ3n) is 3.79. The van der Waals surface area contributed by atoms with Crippen LogP contribution in [0.25, 0.3) is 0 Å². The Morgan fingerprint density at radius 1 is 1.26 bits per heavy atom. The molecule has 1 aliphatic rings. The maximum Gasteiger partial charge on any atom is 0.240 e. The van der Waals surface area contributed by atoms with Crippen molar-refractivity contribution in [3.63, 3.8) is 0 Å². The summed E-state index contributed by atoms with van der Waals surface area (Å²) in [6, 6.07) is 6.39. The number of nitrogens with two attached hydrogens (primary N) is 1. The van der Waals surface area contributed by atoms with E-state index in [4.69, 9.17) is 5.73 Å². The number of carbonyl (C=O) groups is 1. The summed E-state index contributed by atoms with van der Waals surface area (Å²) < 4.78 is 13.0. The SMILES string of the molecule is CC(C)(N)C(=O)NC1(c2ccc(F)cc2)CCCC1. The van der Waals surface area contributed by atoms with Gasteiger partial charge < -0.3 is 11.1 Å². The van der Waals surface area contributed by atoms with Crippen molar-refractivity contribution in [1.29, 1.82) is 0 Å². The molecule has 1 saturated carbocycles. The first-order valence-corrected chi connectivity index (χ1v) is 6.71. The Morgan fingerprint density at radius 3 is 2.26 bits per heavy atom. The highest BCUT2D eigenvalue weighted by Gasteiger charge is 2.39. The minimum absolute atomic E-state index is 0.168. The lowest BCUT2D eigenvalue weighted by molar-refractivity contribution is -0.127. The quantitative estimate of drug-likeness (QED) is 0.881. The number of amides is 1. The molecule has 0 saturated heterocycles. The van der Waals surface area contributed by atoms with Gasteiger partial charge in [-0.05, 0) is 44.4 Å². The van der Waals surface area contributed by atoms with Gasteiger partial charge in [0.1, 0.15) is 5.82 Å². The molecule has 0 aliphatic heterocycles. The Bertz CT molecular complexity index is 456. The van der Waals surface area contributed by atoms with Crippen molar-refractivity contribution in [1.82, 2.24) is 5.32 Å². The van der Waals surface area contributed by atoms with Gasteiger partial charge in [0.2, 0.25) is 5.91 Å². The molecule has 3 N–H and O–H groups in total. The van der Waals surface area contributed by atoms with Crippen LogP contribution in [0, 0.1) is 5.82 Å². The zero-order chi connectivity index (χ0) is 14.1. The number of nitrogens with one attached hydrogen (secondary N) is 1. The minimum atomic E-state index is -0.907. The van der Waals surface area contributed by atoms with E-state index in [1.807, 2.05) is 0 Å².